The molecule has 0 unspecified atom stereocenters. The second kappa shape index (κ2) is 13.1. The number of fused-ring (bicyclic) bond motifs is 2. The van der Waals surface area contributed by atoms with E-state index in [4.69, 9.17) is 14.2 Å². The number of carbonyl (C=O) groups excluding carboxylic acids is 2. The van der Waals surface area contributed by atoms with Gasteiger partial charge in [-0.3, -0.25) is 9.59 Å². The molecule has 0 bridgehead atoms. The zero-order valence-electron chi connectivity index (χ0n) is 22.6. The van der Waals surface area contributed by atoms with Gasteiger partial charge < -0.3 is 28.9 Å². The van der Waals surface area contributed by atoms with Crippen LogP contribution in [-0.2, 0) is 27.3 Å². The summed E-state index contributed by atoms with van der Waals surface area (Å²) in [6.07, 6.45) is 1.77. The van der Waals surface area contributed by atoms with Gasteiger partial charge >= 0.3 is 0 Å². The van der Waals surface area contributed by atoms with E-state index in [2.05, 4.69) is 18.7 Å². The maximum Gasteiger partial charge on any atom is 0.252 e. The fourth-order valence-electron chi connectivity index (χ4n) is 5.11. The highest BCUT2D eigenvalue weighted by Gasteiger charge is 2.24. The summed E-state index contributed by atoms with van der Waals surface area (Å²) < 4.78 is 30.4. The summed E-state index contributed by atoms with van der Waals surface area (Å²) >= 11 is 0. The molecule has 2 aliphatic rings. The van der Waals surface area contributed by atoms with Crippen LogP contribution in [0.3, 0.4) is 0 Å². The zero-order valence-corrected chi connectivity index (χ0v) is 22.6. The number of ether oxygens (including phenoxy) is 3. The molecule has 9 heteroatoms. The van der Waals surface area contributed by atoms with Crippen molar-refractivity contribution in [2.24, 2.45) is 5.92 Å². The molecule has 4 rings (SSSR count). The van der Waals surface area contributed by atoms with Crippen molar-refractivity contribution in [2.75, 3.05) is 58.1 Å². The molecule has 0 spiro atoms. The van der Waals surface area contributed by atoms with Crippen molar-refractivity contribution >= 4 is 17.5 Å². The van der Waals surface area contributed by atoms with Gasteiger partial charge in [-0.1, -0.05) is 19.9 Å². The molecule has 2 heterocycles. The molecule has 2 aromatic rings. The minimum atomic E-state index is -0.402. The van der Waals surface area contributed by atoms with Crippen LogP contribution in [-0.4, -0.2) is 74.8 Å². The summed E-state index contributed by atoms with van der Waals surface area (Å²) in [6, 6.07) is 9.94. The standard InChI is InChI=1S/C29H38FN3O5/c1-21(2)17-31-10-4-12-32(28(34)15-22-6-9-26-27(14-22)38-20-37-26)18-23-16-24(30)7-8-25(23)33(13-5-11-31)29(35)19-36-3/h6-9,14,16,21H,4-5,10-13,15,17-20H2,1-3H3. The fraction of sp³-hybridized carbons (Fsp3) is 0.517. The zero-order chi connectivity index (χ0) is 27.1. The Balaban J connectivity index is 1.63. The predicted octanol–water partition coefficient (Wildman–Crippen LogP) is 3.86. The van der Waals surface area contributed by atoms with E-state index in [-0.39, 0.29) is 38.2 Å². The van der Waals surface area contributed by atoms with Crippen LogP contribution < -0.4 is 14.4 Å². The summed E-state index contributed by atoms with van der Waals surface area (Å²) in [4.78, 5) is 32.5. The molecule has 8 nitrogen and oxygen atoms in total. The number of hydrogen-bond donors (Lipinski definition) is 0. The smallest absolute Gasteiger partial charge is 0.252 e. The van der Waals surface area contributed by atoms with Crippen LogP contribution in [0.5, 0.6) is 11.5 Å². The van der Waals surface area contributed by atoms with Gasteiger partial charge in [0.05, 0.1) is 6.42 Å². The van der Waals surface area contributed by atoms with Crippen molar-refractivity contribution in [3.63, 3.8) is 0 Å². The minimum absolute atomic E-state index is 0.0682. The first kappa shape index (κ1) is 27.9. The molecule has 0 atom stereocenters. The van der Waals surface area contributed by atoms with Gasteiger partial charge in [0.2, 0.25) is 12.7 Å². The molecule has 0 aromatic heterocycles. The molecule has 0 saturated carbocycles. The van der Waals surface area contributed by atoms with E-state index in [1.165, 1.54) is 19.2 Å². The largest absolute Gasteiger partial charge is 0.454 e. The number of nitrogens with zero attached hydrogens (tertiary/aromatic N) is 3. The highest BCUT2D eigenvalue weighted by atomic mass is 19.1. The number of benzene rings is 2. The Bertz CT molecular complexity index is 1130. The first-order valence-corrected chi connectivity index (χ1v) is 13.3. The van der Waals surface area contributed by atoms with Crippen molar-refractivity contribution in [3.8, 4) is 11.5 Å². The third kappa shape index (κ3) is 7.23. The van der Waals surface area contributed by atoms with Crippen LogP contribution in [0.1, 0.15) is 37.8 Å². The summed E-state index contributed by atoms with van der Waals surface area (Å²) in [5.74, 6) is 1.14. The van der Waals surface area contributed by atoms with Crippen LogP contribution >= 0.6 is 0 Å². The molecule has 38 heavy (non-hydrogen) atoms. The maximum atomic E-state index is 14.4. The van der Waals surface area contributed by atoms with Gasteiger partial charge in [-0.15, -0.1) is 0 Å². The third-order valence-corrected chi connectivity index (χ3v) is 6.79. The molecule has 206 valence electrons. The van der Waals surface area contributed by atoms with Crippen molar-refractivity contribution in [3.05, 3.63) is 53.3 Å². The Labute approximate surface area is 224 Å². The number of methoxy groups -OCH3 is 1. The summed E-state index contributed by atoms with van der Waals surface area (Å²) in [5.41, 5.74) is 2.04. The first-order chi connectivity index (χ1) is 18.3. The molecule has 0 radical (unpaired) electrons. The van der Waals surface area contributed by atoms with Crippen molar-refractivity contribution in [1.82, 2.24) is 9.80 Å². The number of hydrogen-bond acceptors (Lipinski definition) is 6. The van der Waals surface area contributed by atoms with E-state index < -0.39 is 5.82 Å². The Morgan fingerprint density at radius 1 is 0.974 bits per heavy atom. The van der Waals surface area contributed by atoms with Crippen molar-refractivity contribution in [2.45, 2.75) is 39.7 Å². The SMILES string of the molecule is COCC(=O)N1CCCN(CC(C)C)CCCN(C(=O)Cc2ccc3c(c2)OCO3)Cc2cc(F)ccc21. The van der Waals surface area contributed by atoms with E-state index in [0.717, 1.165) is 38.0 Å². The molecule has 2 aliphatic heterocycles. The Kier molecular flexibility index (Phi) is 9.58. The van der Waals surface area contributed by atoms with E-state index >= 15 is 0 Å². The molecule has 0 fully saturated rings. The van der Waals surface area contributed by atoms with Crippen LogP contribution in [0.25, 0.3) is 0 Å². The molecule has 0 aliphatic carbocycles. The minimum Gasteiger partial charge on any atom is -0.454 e. The number of carbonyl (C=O) groups is 2. The molecular formula is C29H38FN3O5. The second-order valence-corrected chi connectivity index (χ2v) is 10.3. The second-order valence-electron chi connectivity index (χ2n) is 10.3. The van der Waals surface area contributed by atoms with E-state index in [9.17, 15) is 14.0 Å². The topological polar surface area (TPSA) is 71.6 Å². The lowest BCUT2D eigenvalue weighted by Gasteiger charge is -2.32. The Hall–Kier alpha value is -3.17. The number of amides is 2. The van der Waals surface area contributed by atoms with Gasteiger partial charge in [0.15, 0.2) is 11.5 Å². The van der Waals surface area contributed by atoms with E-state index in [1.54, 1.807) is 15.9 Å². The van der Waals surface area contributed by atoms with Gasteiger partial charge in [-0.2, -0.15) is 0 Å². The summed E-state index contributed by atoms with van der Waals surface area (Å²) in [5, 5.41) is 0. The quantitative estimate of drug-likeness (QED) is 0.568. The first-order valence-electron chi connectivity index (χ1n) is 13.3. The molecule has 0 N–H and O–H groups in total. The van der Waals surface area contributed by atoms with Crippen LogP contribution in [0, 0.1) is 11.7 Å². The van der Waals surface area contributed by atoms with Gasteiger partial charge in [0.25, 0.3) is 5.91 Å². The number of anilines is 1. The highest BCUT2D eigenvalue weighted by molar-refractivity contribution is 5.95. The molecule has 2 aromatic carbocycles. The monoisotopic (exact) mass is 527 g/mol. The van der Waals surface area contributed by atoms with Crippen LogP contribution in [0.15, 0.2) is 36.4 Å². The molecular weight excluding hydrogens is 489 g/mol. The van der Waals surface area contributed by atoms with Gasteiger partial charge in [-0.05, 0) is 73.3 Å². The average Bonchev–Trinajstić information content (AvgIpc) is 3.33. The van der Waals surface area contributed by atoms with E-state index in [1.807, 2.05) is 18.2 Å². The van der Waals surface area contributed by atoms with Gasteiger partial charge in [-0.25, -0.2) is 4.39 Å². The lowest BCUT2D eigenvalue weighted by atomic mass is 10.1. The Morgan fingerprint density at radius 2 is 1.74 bits per heavy atom. The highest BCUT2D eigenvalue weighted by Crippen LogP contribution is 2.33. The lowest BCUT2D eigenvalue weighted by Crippen LogP contribution is -2.41. The Morgan fingerprint density at radius 3 is 2.50 bits per heavy atom. The lowest BCUT2D eigenvalue weighted by molar-refractivity contribution is -0.131. The normalized spacial score (nSPS) is 16.7. The van der Waals surface area contributed by atoms with E-state index in [0.29, 0.717) is 41.8 Å². The number of halogens is 1. The molecule has 0 saturated heterocycles. The van der Waals surface area contributed by atoms with Crippen molar-refractivity contribution in [1.29, 1.82) is 0 Å². The predicted molar refractivity (Wildman–Crippen MR) is 143 cm³/mol. The third-order valence-electron chi connectivity index (χ3n) is 6.79. The maximum absolute atomic E-state index is 14.4. The fourth-order valence-corrected chi connectivity index (χ4v) is 5.11. The molecule has 2 amide bonds. The van der Waals surface area contributed by atoms with Crippen LogP contribution in [0.2, 0.25) is 0 Å². The van der Waals surface area contributed by atoms with Gasteiger partial charge in [0.1, 0.15) is 12.4 Å². The summed E-state index contributed by atoms with van der Waals surface area (Å²) in [7, 11) is 1.49. The average molecular weight is 528 g/mol. The summed E-state index contributed by atoms with van der Waals surface area (Å²) in [6.45, 7) is 8.32. The van der Waals surface area contributed by atoms with Gasteiger partial charge in [0, 0.05) is 39.0 Å². The van der Waals surface area contributed by atoms with Crippen molar-refractivity contribution < 1.29 is 28.2 Å². The number of rotatable bonds is 6. The van der Waals surface area contributed by atoms with Crippen LogP contribution in [0.4, 0.5) is 10.1 Å².